The van der Waals surface area contributed by atoms with Crippen molar-refractivity contribution in [2.45, 2.75) is 0 Å². The lowest BCUT2D eigenvalue weighted by Gasteiger charge is -2.10. The molecule has 0 aliphatic rings. The number of para-hydroxylation sites is 4. The molecule has 5 aromatic rings. The van der Waals surface area contributed by atoms with Gasteiger partial charge >= 0.3 is 0 Å². The van der Waals surface area contributed by atoms with E-state index in [9.17, 15) is 4.79 Å². The standard InChI is InChI=1S/C23H15N3O2/c27-14-15(23-26-20-11-5-6-12-21(20)28-23)13-24-22-16-7-1-3-9-18(16)25-19-10-4-2-8-17(19)22/h1-14H,(H,24,25)/b15-13+. The molecule has 0 spiro atoms. The number of nitrogens with zero attached hydrogens (tertiary/aromatic N) is 2. The third kappa shape index (κ3) is 2.70. The molecule has 0 aliphatic carbocycles. The molecule has 0 fully saturated rings. The Morgan fingerprint density at radius 2 is 1.39 bits per heavy atom. The quantitative estimate of drug-likeness (QED) is 0.270. The van der Waals surface area contributed by atoms with Crippen molar-refractivity contribution in [1.29, 1.82) is 0 Å². The van der Waals surface area contributed by atoms with Crippen LogP contribution in [0.1, 0.15) is 5.89 Å². The van der Waals surface area contributed by atoms with Crippen LogP contribution in [-0.2, 0) is 4.79 Å². The highest BCUT2D eigenvalue weighted by Crippen LogP contribution is 2.31. The Kier molecular flexibility index (Phi) is 3.84. The van der Waals surface area contributed by atoms with Crippen molar-refractivity contribution in [3.05, 3.63) is 84.9 Å². The summed E-state index contributed by atoms with van der Waals surface area (Å²) in [6.45, 7) is 0. The normalized spacial score (nSPS) is 11.9. The van der Waals surface area contributed by atoms with E-state index in [1.807, 2.05) is 72.8 Å². The zero-order chi connectivity index (χ0) is 18.9. The molecule has 2 heterocycles. The molecule has 5 heteroatoms. The zero-order valence-corrected chi connectivity index (χ0v) is 14.8. The second-order valence-electron chi connectivity index (χ2n) is 6.37. The number of nitrogens with one attached hydrogen (secondary N) is 1. The van der Waals surface area contributed by atoms with E-state index in [-0.39, 0.29) is 5.89 Å². The minimum absolute atomic E-state index is 0.284. The van der Waals surface area contributed by atoms with Gasteiger partial charge in [-0.2, -0.15) is 0 Å². The molecule has 0 aliphatic heterocycles. The molecule has 0 bridgehead atoms. The predicted molar refractivity (Wildman–Crippen MR) is 111 cm³/mol. The molecule has 5 rings (SSSR count). The molecule has 0 amide bonds. The van der Waals surface area contributed by atoms with Gasteiger partial charge in [0.15, 0.2) is 11.9 Å². The van der Waals surface area contributed by atoms with Crippen LogP contribution in [0.2, 0.25) is 0 Å². The van der Waals surface area contributed by atoms with Gasteiger partial charge in [-0.05, 0) is 24.3 Å². The van der Waals surface area contributed by atoms with Crippen molar-refractivity contribution in [2.75, 3.05) is 5.32 Å². The molecule has 0 radical (unpaired) electrons. The van der Waals surface area contributed by atoms with E-state index in [2.05, 4.69) is 10.3 Å². The van der Waals surface area contributed by atoms with Crippen molar-refractivity contribution < 1.29 is 9.21 Å². The number of pyridine rings is 1. The first-order valence-electron chi connectivity index (χ1n) is 8.89. The minimum Gasteiger partial charge on any atom is -0.436 e. The molecule has 1 N–H and O–H groups in total. The average Bonchev–Trinajstić information content (AvgIpc) is 3.17. The van der Waals surface area contributed by atoms with Crippen molar-refractivity contribution in [2.24, 2.45) is 0 Å². The summed E-state index contributed by atoms with van der Waals surface area (Å²) in [6, 6.07) is 23.2. The summed E-state index contributed by atoms with van der Waals surface area (Å²) in [4.78, 5) is 20.8. The van der Waals surface area contributed by atoms with Crippen LogP contribution in [-0.4, -0.2) is 16.3 Å². The summed E-state index contributed by atoms with van der Waals surface area (Å²) in [5.41, 5.74) is 4.34. The maximum Gasteiger partial charge on any atom is 0.232 e. The largest absolute Gasteiger partial charge is 0.436 e. The number of anilines is 1. The Labute approximate surface area is 160 Å². The van der Waals surface area contributed by atoms with Crippen LogP contribution in [0.3, 0.4) is 0 Å². The summed E-state index contributed by atoms with van der Waals surface area (Å²) < 4.78 is 5.72. The monoisotopic (exact) mass is 365 g/mol. The molecule has 28 heavy (non-hydrogen) atoms. The molecule has 2 aromatic heterocycles. The number of hydrogen-bond acceptors (Lipinski definition) is 5. The lowest BCUT2D eigenvalue weighted by molar-refractivity contribution is -0.103. The lowest BCUT2D eigenvalue weighted by atomic mass is 10.1. The Morgan fingerprint density at radius 1 is 0.786 bits per heavy atom. The van der Waals surface area contributed by atoms with Crippen LogP contribution >= 0.6 is 0 Å². The molecule has 0 saturated carbocycles. The topological polar surface area (TPSA) is 68.0 Å². The van der Waals surface area contributed by atoms with E-state index in [4.69, 9.17) is 9.40 Å². The second kappa shape index (κ2) is 6.63. The summed E-state index contributed by atoms with van der Waals surface area (Å²) >= 11 is 0. The lowest BCUT2D eigenvalue weighted by Crippen LogP contribution is -1.97. The maximum absolute atomic E-state index is 11.7. The van der Waals surface area contributed by atoms with Gasteiger partial charge in [-0.1, -0.05) is 48.5 Å². The fourth-order valence-corrected chi connectivity index (χ4v) is 3.29. The number of aldehydes is 1. The number of fused-ring (bicyclic) bond motifs is 3. The number of carbonyl (C=O) groups excluding carboxylic acids is 1. The van der Waals surface area contributed by atoms with E-state index < -0.39 is 0 Å². The van der Waals surface area contributed by atoms with Gasteiger partial charge in [-0.15, -0.1) is 0 Å². The van der Waals surface area contributed by atoms with Crippen LogP contribution in [0.15, 0.2) is 83.4 Å². The fraction of sp³-hybridized carbons (Fsp3) is 0. The molecular formula is C23H15N3O2. The number of benzene rings is 3. The average molecular weight is 365 g/mol. The van der Waals surface area contributed by atoms with Gasteiger partial charge in [0.05, 0.1) is 22.3 Å². The van der Waals surface area contributed by atoms with Crippen LogP contribution in [0, 0.1) is 0 Å². The molecule has 0 saturated heterocycles. The van der Waals surface area contributed by atoms with Crippen LogP contribution < -0.4 is 5.32 Å². The first-order chi connectivity index (χ1) is 13.8. The Morgan fingerprint density at radius 3 is 2.04 bits per heavy atom. The molecule has 134 valence electrons. The van der Waals surface area contributed by atoms with Gasteiger partial charge < -0.3 is 9.73 Å². The van der Waals surface area contributed by atoms with Crippen LogP contribution in [0.4, 0.5) is 5.69 Å². The highest BCUT2D eigenvalue weighted by atomic mass is 16.3. The number of carbonyl (C=O) groups is 1. The maximum atomic E-state index is 11.7. The van der Waals surface area contributed by atoms with Crippen molar-refractivity contribution >= 4 is 50.5 Å². The third-order valence-corrected chi connectivity index (χ3v) is 4.63. The predicted octanol–water partition coefficient (Wildman–Crippen LogP) is 5.18. The Bertz CT molecular complexity index is 1280. The van der Waals surface area contributed by atoms with E-state index in [1.54, 1.807) is 6.20 Å². The Balaban J connectivity index is 1.64. The Hall–Kier alpha value is -3.99. The van der Waals surface area contributed by atoms with Gasteiger partial charge in [0.2, 0.25) is 5.89 Å². The van der Waals surface area contributed by atoms with Gasteiger partial charge in [-0.25, -0.2) is 9.97 Å². The summed E-state index contributed by atoms with van der Waals surface area (Å²) in [6.07, 6.45) is 2.37. The van der Waals surface area contributed by atoms with E-state index in [0.29, 0.717) is 16.7 Å². The van der Waals surface area contributed by atoms with Crippen LogP contribution in [0.25, 0.3) is 38.5 Å². The summed E-state index contributed by atoms with van der Waals surface area (Å²) in [7, 11) is 0. The second-order valence-corrected chi connectivity index (χ2v) is 6.37. The van der Waals surface area contributed by atoms with E-state index in [1.165, 1.54) is 0 Å². The number of allylic oxidation sites excluding steroid dienone is 1. The molecule has 0 unspecified atom stereocenters. The number of aromatic nitrogens is 2. The fourth-order valence-electron chi connectivity index (χ4n) is 3.29. The molecule has 3 aromatic carbocycles. The van der Waals surface area contributed by atoms with E-state index >= 15 is 0 Å². The van der Waals surface area contributed by atoms with Gasteiger partial charge in [-0.3, -0.25) is 4.79 Å². The molecular weight excluding hydrogens is 350 g/mol. The first kappa shape index (κ1) is 16.2. The van der Waals surface area contributed by atoms with E-state index in [0.717, 1.165) is 33.8 Å². The minimum atomic E-state index is 0.284. The summed E-state index contributed by atoms with van der Waals surface area (Å²) in [5, 5.41) is 5.24. The number of rotatable bonds is 4. The first-order valence-corrected chi connectivity index (χ1v) is 8.89. The summed E-state index contributed by atoms with van der Waals surface area (Å²) in [5.74, 6) is 0.284. The molecule has 0 atom stereocenters. The highest BCUT2D eigenvalue weighted by molar-refractivity contribution is 6.10. The van der Waals surface area contributed by atoms with Crippen LogP contribution in [0.5, 0.6) is 0 Å². The number of hydrogen-bond donors (Lipinski definition) is 1. The van der Waals surface area contributed by atoms with Crippen molar-refractivity contribution in [3.63, 3.8) is 0 Å². The third-order valence-electron chi connectivity index (χ3n) is 4.63. The van der Waals surface area contributed by atoms with Gasteiger partial charge in [0.25, 0.3) is 0 Å². The molecule has 5 nitrogen and oxygen atoms in total. The van der Waals surface area contributed by atoms with Crippen molar-refractivity contribution in [1.82, 2.24) is 9.97 Å². The van der Waals surface area contributed by atoms with Gasteiger partial charge in [0.1, 0.15) is 5.52 Å². The zero-order valence-electron chi connectivity index (χ0n) is 14.8. The van der Waals surface area contributed by atoms with Crippen molar-refractivity contribution in [3.8, 4) is 0 Å². The highest BCUT2D eigenvalue weighted by Gasteiger charge is 2.12. The van der Waals surface area contributed by atoms with Gasteiger partial charge in [0, 0.05) is 17.0 Å². The SMILES string of the molecule is O=C/C(=C\Nc1c2ccccc2nc2ccccc12)c1nc2ccccc2o1. The number of oxazole rings is 1. The smallest absolute Gasteiger partial charge is 0.232 e.